The van der Waals surface area contributed by atoms with Gasteiger partial charge in [-0.3, -0.25) is 4.79 Å². The molecule has 0 radical (unpaired) electrons. The summed E-state index contributed by atoms with van der Waals surface area (Å²) in [4.78, 5) is 26.1. The number of ether oxygens (including phenoxy) is 1. The maximum absolute atomic E-state index is 12.5. The van der Waals surface area contributed by atoms with E-state index < -0.39 is 12.1 Å². The highest BCUT2D eigenvalue weighted by Gasteiger charge is 2.46. The van der Waals surface area contributed by atoms with Gasteiger partial charge in [0.25, 0.3) is 0 Å². The van der Waals surface area contributed by atoms with E-state index in [1.807, 2.05) is 12.1 Å². The summed E-state index contributed by atoms with van der Waals surface area (Å²) in [7, 11) is 1.68. The zero-order valence-corrected chi connectivity index (χ0v) is 17.4. The van der Waals surface area contributed by atoms with E-state index in [2.05, 4.69) is 28.9 Å². The number of carbonyl (C=O) groups is 2. The molecule has 0 aliphatic carbocycles. The fourth-order valence-electron chi connectivity index (χ4n) is 4.07. The first-order valence-corrected chi connectivity index (χ1v) is 10.1. The van der Waals surface area contributed by atoms with Crippen LogP contribution >= 0.6 is 0 Å². The van der Waals surface area contributed by atoms with Crippen LogP contribution in [0.3, 0.4) is 0 Å². The number of halogens is 3. The third-order valence-electron chi connectivity index (χ3n) is 5.75. The number of hydrogen-bond acceptors (Lipinski definition) is 4. The van der Waals surface area contributed by atoms with Gasteiger partial charge in [0.2, 0.25) is 5.91 Å². The fraction of sp³-hybridized carbons (Fsp3) is 0.619. The van der Waals surface area contributed by atoms with Gasteiger partial charge in [-0.1, -0.05) is 19.1 Å². The number of methoxy groups -OCH3 is 1. The lowest BCUT2D eigenvalue weighted by Gasteiger charge is -2.45. The number of piperidine rings is 1. The number of aliphatic carboxylic acids is 1. The molecule has 6 nitrogen and oxygen atoms in total. The van der Waals surface area contributed by atoms with Crippen LogP contribution in [0.5, 0.6) is 5.75 Å². The topological polar surface area (TPSA) is 70.1 Å². The van der Waals surface area contributed by atoms with Crippen LogP contribution in [-0.2, 0) is 16.1 Å². The lowest BCUT2D eigenvalue weighted by molar-refractivity contribution is -0.192. The zero-order valence-electron chi connectivity index (χ0n) is 17.4. The Hall–Kier alpha value is -2.29. The van der Waals surface area contributed by atoms with Crippen molar-refractivity contribution in [3.63, 3.8) is 0 Å². The number of likely N-dealkylation sites (tertiary alicyclic amines) is 2. The summed E-state index contributed by atoms with van der Waals surface area (Å²) in [6.07, 6.45) is 0.108. The van der Waals surface area contributed by atoms with Gasteiger partial charge in [-0.05, 0) is 49.9 Å². The Labute approximate surface area is 174 Å². The molecule has 2 aliphatic rings. The second-order valence-electron chi connectivity index (χ2n) is 7.70. The van der Waals surface area contributed by atoms with Crippen LogP contribution in [0.15, 0.2) is 24.3 Å². The number of benzene rings is 1. The van der Waals surface area contributed by atoms with Crippen LogP contribution in [0.1, 0.15) is 44.6 Å². The van der Waals surface area contributed by atoms with Gasteiger partial charge < -0.3 is 19.6 Å². The molecule has 1 aromatic rings. The zero-order chi connectivity index (χ0) is 22.4. The average molecular weight is 430 g/mol. The Morgan fingerprint density at radius 3 is 2.20 bits per heavy atom. The number of hydrogen-bond donors (Lipinski definition) is 1. The number of alkyl halides is 3. The van der Waals surface area contributed by atoms with Crippen LogP contribution in [0.25, 0.3) is 0 Å². The van der Waals surface area contributed by atoms with E-state index in [1.54, 1.807) is 7.11 Å². The first-order chi connectivity index (χ1) is 14.1. The normalized spacial score (nSPS) is 18.8. The molecule has 1 N–H and O–H groups in total. The second kappa shape index (κ2) is 10.1. The summed E-state index contributed by atoms with van der Waals surface area (Å²) in [5.41, 5.74) is 1.29. The minimum Gasteiger partial charge on any atom is -0.497 e. The first kappa shape index (κ1) is 24.0. The number of rotatable bonds is 5. The lowest BCUT2D eigenvalue weighted by atomic mass is 9.84. The first-order valence-electron chi connectivity index (χ1n) is 10.1. The molecule has 0 atom stereocenters. The largest absolute Gasteiger partial charge is 0.497 e. The van der Waals surface area contributed by atoms with Gasteiger partial charge in [-0.25, -0.2) is 4.79 Å². The highest BCUT2D eigenvalue weighted by atomic mass is 19.4. The van der Waals surface area contributed by atoms with E-state index >= 15 is 0 Å². The molecule has 0 aromatic heterocycles. The Morgan fingerprint density at radius 1 is 1.17 bits per heavy atom. The summed E-state index contributed by atoms with van der Waals surface area (Å²) in [6.45, 7) is 6.40. The summed E-state index contributed by atoms with van der Waals surface area (Å²) < 4.78 is 37.0. The van der Waals surface area contributed by atoms with Gasteiger partial charge in [0, 0.05) is 31.6 Å². The molecular weight excluding hydrogens is 401 g/mol. The molecular formula is C21H29F3N2O4. The van der Waals surface area contributed by atoms with Gasteiger partial charge in [-0.15, -0.1) is 0 Å². The molecule has 2 aliphatic heterocycles. The quantitative estimate of drug-likeness (QED) is 0.772. The third kappa shape index (κ3) is 6.10. The third-order valence-corrected chi connectivity index (χ3v) is 5.75. The van der Waals surface area contributed by atoms with Gasteiger partial charge in [0.05, 0.1) is 7.11 Å². The molecule has 0 unspecified atom stereocenters. The summed E-state index contributed by atoms with van der Waals surface area (Å²) >= 11 is 0. The van der Waals surface area contributed by atoms with Crippen molar-refractivity contribution >= 4 is 11.9 Å². The van der Waals surface area contributed by atoms with Crippen molar-refractivity contribution in [3.05, 3.63) is 29.8 Å². The van der Waals surface area contributed by atoms with E-state index in [0.717, 1.165) is 44.6 Å². The van der Waals surface area contributed by atoms with Gasteiger partial charge in [-0.2, -0.15) is 13.2 Å². The van der Waals surface area contributed by atoms with Crippen molar-refractivity contribution in [2.24, 2.45) is 0 Å². The number of nitrogens with zero attached hydrogens (tertiary/aromatic N) is 2. The molecule has 30 heavy (non-hydrogen) atoms. The van der Waals surface area contributed by atoms with Crippen LogP contribution in [0.2, 0.25) is 0 Å². The maximum Gasteiger partial charge on any atom is 0.490 e. The van der Waals surface area contributed by atoms with Gasteiger partial charge in [0.1, 0.15) is 5.75 Å². The maximum atomic E-state index is 12.5. The fourth-order valence-corrected chi connectivity index (χ4v) is 4.07. The predicted octanol–water partition coefficient (Wildman–Crippen LogP) is 3.70. The van der Waals surface area contributed by atoms with E-state index in [4.69, 9.17) is 14.6 Å². The number of carbonyl (C=O) groups excluding carboxylic acids is 1. The van der Waals surface area contributed by atoms with Crippen LogP contribution in [-0.4, -0.2) is 65.2 Å². The molecule has 1 aromatic carbocycles. The van der Waals surface area contributed by atoms with Crippen molar-refractivity contribution in [1.29, 1.82) is 0 Å². The molecule has 0 bridgehead atoms. The molecule has 2 fully saturated rings. The van der Waals surface area contributed by atoms with Crippen molar-refractivity contribution in [1.82, 2.24) is 9.80 Å². The molecule has 1 amide bonds. The molecule has 2 saturated heterocycles. The Bertz CT molecular complexity index is 714. The summed E-state index contributed by atoms with van der Waals surface area (Å²) in [5, 5.41) is 7.12. The molecule has 9 heteroatoms. The van der Waals surface area contributed by atoms with E-state index in [1.165, 1.54) is 18.5 Å². The van der Waals surface area contributed by atoms with Crippen LogP contribution in [0.4, 0.5) is 13.2 Å². The lowest BCUT2D eigenvalue weighted by Crippen LogP contribution is -2.52. The highest BCUT2D eigenvalue weighted by molar-refractivity contribution is 5.79. The SMILES string of the molecule is CCCN1CCC2(CCC(=O)N2Cc2ccc(OC)cc2)CC1.O=C(O)C(F)(F)F. The summed E-state index contributed by atoms with van der Waals surface area (Å²) in [5.74, 6) is -1.57. The minimum atomic E-state index is -5.08. The monoisotopic (exact) mass is 430 g/mol. The van der Waals surface area contributed by atoms with Crippen LogP contribution < -0.4 is 4.74 Å². The highest BCUT2D eigenvalue weighted by Crippen LogP contribution is 2.40. The molecule has 2 heterocycles. The Kier molecular flexibility index (Phi) is 8.11. The second-order valence-corrected chi connectivity index (χ2v) is 7.70. The molecule has 168 valence electrons. The van der Waals surface area contributed by atoms with E-state index in [9.17, 15) is 18.0 Å². The molecule has 1 spiro atoms. The smallest absolute Gasteiger partial charge is 0.490 e. The van der Waals surface area contributed by atoms with E-state index in [0.29, 0.717) is 12.3 Å². The number of carboxylic acids is 1. The minimum absolute atomic E-state index is 0.0985. The number of carboxylic acid groups (broad SMARTS) is 1. The van der Waals surface area contributed by atoms with Gasteiger partial charge in [0.15, 0.2) is 0 Å². The molecule has 3 rings (SSSR count). The molecule has 0 saturated carbocycles. The van der Waals surface area contributed by atoms with Crippen LogP contribution in [0, 0.1) is 0 Å². The Morgan fingerprint density at radius 2 is 1.73 bits per heavy atom. The number of amides is 1. The summed E-state index contributed by atoms with van der Waals surface area (Å²) in [6, 6.07) is 8.10. The van der Waals surface area contributed by atoms with Crippen molar-refractivity contribution < 1.29 is 32.6 Å². The van der Waals surface area contributed by atoms with Gasteiger partial charge >= 0.3 is 12.1 Å². The average Bonchev–Trinajstić information content (AvgIpc) is 3.00. The van der Waals surface area contributed by atoms with Crippen molar-refractivity contribution in [2.45, 2.75) is 57.3 Å². The predicted molar refractivity (Wildman–Crippen MR) is 105 cm³/mol. The van der Waals surface area contributed by atoms with E-state index in [-0.39, 0.29) is 5.54 Å². The standard InChI is InChI=1S/C19H28N2O2.C2HF3O2/c1-3-12-20-13-10-19(11-14-20)9-8-18(22)21(19)15-16-4-6-17(23-2)7-5-16;3-2(4,5)1(6)7/h4-7H,3,8-15H2,1-2H3;(H,6,7). The Balaban J connectivity index is 0.000000396. The van der Waals surface area contributed by atoms with Crippen molar-refractivity contribution in [3.8, 4) is 5.75 Å². The van der Waals surface area contributed by atoms with Crippen molar-refractivity contribution in [2.75, 3.05) is 26.7 Å².